The van der Waals surface area contributed by atoms with Gasteiger partial charge in [0.15, 0.2) is 0 Å². The van der Waals surface area contributed by atoms with Crippen molar-refractivity contribution in [2.45, 2.75) is 43.8 Å². The highest BCUT2D eigenvalue weighted by molar-refractivity contribution is 6.17. The minimum Gasteiger partial charge on any atom is -0.335 e. The van der Waals surface area contributed by atoms with Crippen molar-refractivity contribution in [2.75, 3.05) is 17.3 Å². The standard InChI is InChI=1S/C22H24N4O2/c1-25-15-10-11-16(25)13-14(12-15)23-22(28)26-19-8-4-2-6-17(19)21(27)24-18-7-3-5-9-20(18)26/h2-9,14-16H,10-13H2,1H3,(H,23,28)(H,24,27). The molecule has 3 aliphatic rings. The fourth-order valence-corrected chi connectivity index (χ4v) is 4.94. The summed E-state index contributed by atoms with van der Waals surface area (Å²) in [6.07, 6.45) is 4.38. The number of hydrogen-bond acceptors (Lipinski definition) is 3. The van der Waals surface area contributed by atoms with Crippen LogP contribution in [0.25, 0.3) is 0 Å². The van der Waals surface area contributed by atoms with Crippen molar-refractivity contribution in [2.24, 2.45) is 0 Å². The van der Waals surface area contributed by atoms with Crippen LogP contribution in [0.1, 0.15) is 36.0 Å². The van der Waals surface area contributed by atoms with Gasteiger partial charge in [-0.05, 0) is 57.0 Å². The maximum atomic E-state index is 13.4. The van der Waals surface area contributed by atoms with E-state index in [2.05, 4.69) is 22.6 Å². The highest BCUT2D eigenvalue weighted by atomic mass is 16.2. The first-order valence-electron chi connectivity index (χ1n) is 9.94. The van der Waals surface area contributed by atoms with E-state index in [1.165, 1.54) is 12.8 Å². The maximum absolute atomic E-state index is 13.4. The lowest BCUT2D eigenvalue weighted by Crippen LogP contribution is -2.51. The predicted octanol–water partition coefficient (Wildman–Crippen LogP) is 3.73. The number of nitrogens with one attached hydrogen (secondary N) is 2. The van der Waals surface area contributed by atoms with Gasteiger partial charge in [0.05, 0.1) is 22.6 Å². The van der Waals surface area contributed by atoms with Gasteiger partial charge in [0.1, 0.15) is 0 Å². The van der Waals surface area contributed by atoms with Crippen LogP contribution in [-0.4, -0.2) is 42.0 Å². The number of carbonyl (C=O) groups excluding carboxylic acids is 2. The Balaban J connectivity index is 1.49. The SMILES string of the molecule is CN1C2CCC1CC(NC(=O)N1c3ccccc3NC(=O)c3ccccc31)C2. The van der Waals surface area contributed by atoms with Gasteiger partial charge in [0.25, 0.3) is 5.91 Å². The minimum absolute atomic E-state index is 0.160. The number of piperidine rings is 1. The number of amides is 3. The first-order valence-corrected chi connectivity index (χ1v) is 9.94. The van der Waals surface area contributed by atoms with Crippen LogP contribution in [-0.2, 0) is 0 Å². The molecular weight excluding hydrogens is 352 g/mol. The Morgan fingerprint density at radius 2 is 1.64 bits per heavy atom. The smallest absolute Gasteiger partial charge is 0.326 e. The zero-order chi connectivity index (χ0) is 19.3. The quantitative estimate of drug-likeness (QED) is 0.797. The molecule has 2 N–H and O–H groups in total. The molecule has 144 valence electrons. The van der Waals surface area contributed by atoms with Crippen molar-refractivity contribution in [1.82, 2.24) is 10.2 Å². The predicted molar refractivity (Wildman–Crippen MR) is 109 cm³/mol. The second kappa shape index (κ2) is 6.63. The summed E-state index contributed by atoms with van der Waals surface area (Å²) >= 11 is 0. The molecule has 3 aliphatic heterocycles. The molecule has 3 amide bonds. The molecule has 2 fully saturated rings. The molecule has 2 bridgehead atoms. The van der Waals surface area contributed by atoms with Crippen LogP contribution in [0.4, 0.5) is 21.9 Å². The van der Waals surface area contributed by atoms with E-state index in [0.29, 0.717) is 34.7 Å². The average molecular weight is 376 g/mol. The van der Waals surface area contributed by atoms with Gasteiger partial charge in [0, 0.05) is 18.1 Å². The third-order valence-electron chi connectivity index (χ3n) is 6.41. The van der Waals surface area contributed by atoms with Crippen molar-refractivity contribution in [3.63, 3.8) is 0 Å². The Morgan fingerprint density at radius 3 is 2.39 bits per heavy atom. The second-order valence-corrected chi connectivity index (χ2v) is 7.99. The highest BCUT2D eigenvalue weighted by Gasteiger charge is 2.40. The minimum atomic E-state index is -0.198. The lowest BCUT2D eigenvalue weighted by Gasteiger charge is -2.37. The lowest BCUT2D eigenvalue weighted by molar-refractivity contribution is 0.102. The molecule has 2 atom stereocenters. The number of urea groups is 1. The molecule has 0 aliphatic carbocycles. The summed E-state index contributed by atoms with van der Waals surface area (Å²) < 4.78 is 0. The molecular formula is C22H24N4O2. The number of carbonyl (C=O) groups is 2. The summed E-state index contributed by atoms with van der Waals surface area (Å²) in [5, 5.41) is 6.19. The Bertz CT molecular complexity index is 930. The van der Waals surface area contributed by atoms with Crippen molar-refractivity contribution in [3.05, 3.63) is 54.1 Å². The molecule has 2 aromatic carbocycles. The highest BCUT2D eigenvalue weighted by Crippen LogP contribution is 2.38. The molecule has 2 aromatic rings. The third-order valence-corrected chi connectivity index (χ3v) is 6.41. The largest absolute Gasteiger partial charge is 0.335 e. The van der Waals surface area contributed by atoms with E-state index < -0.39 is 0 Å². The first kappa shape index (κ1) is 17.3. The fraction of sp³-hybridized carbons (Fsp3) is 0.364. The van der Waals surface area contributed by atoms with Gasteiger partial charge < -0.3 is 15.5 Å². The van der Waals surface area contributed by atoms with Crippen LogP contribution in [0.5, 0.6) is 0 Å². The van der Waals surface area contributed by atoms with Crippen LogP contribution in [0.2, 0.25) is 0 Å². The van der Waals surface area contributed by atoms with Crippen LogP contribution in [0, 0.1) is 0 Å². The van der Waals surface area contributed by atoms with Crippen molar-refractivity contribution in [1.29, 1.82) is 0 Å². The fourth-order valence-electron chi connectivity index (χ4n) is 4.94. The number of rotatable bonds is 1. The van der Waals surface area contributed by atoms with Gasteiger partial charge in [-0.2, -0.15) is 0 Å². The zero-order valence-electron chi connectivity index (χ0n) is 15.9. The van der Waals surface area contributed by atoms with Crippen LogP contribution in [0.15, 0.2) is 48.5 Å². The van der Waals surface area contributed by atoms with Gasteiger partial charge in [0.2, 0.25) is 0 Å². The van der Waals surface area contributed by atoms with Crippen molar-refractivity contribution in [3.8, 4) is 0 Å². The molecule has 0 radical (unpaired) electrons. The van der Waals surface area contributed by atoms with Gasteiger partial charge in [-0.3, -0.25) is 9.69 Å². The molecule has 2 saturated heterocycles. The number of nitrogens with zero attached hydrogens (tertiary/aromatic N) is 2. The van der Waals surface area contributed by atoms with Crippen molar-refractivity contribution >= 4 is 29.0 Å². The maximum Gasteiger partial charge on any atom is 0.326 e. The number of fused-ring (bicyclic) bond motifs is 4. The summed E-state index contributed by atoms with van der Waals surface area (Å²) in [5.41, 5.74) is 2.44. The molecule has 6 nitrogen and oxygen atoms in total. The lowest BCUT2D eigenvalue weighted by atomic mass is 9.98. The van der Waals surface area contributed by atoms with E-state index in [9.17, 15) is 9.59 Å². The topological polar surface area (TPSA) is 64.7 Å². The summed E-state index contributed by atoms with van der Waals surface area (Å²) in [4.78, 5) is 30.2. The third kappa shape index (κ3) is 2.76. The molecule has 6 heteroatoms. The number of anilines is 3. The van der Waals surface area contributed by atoms with Gasteiger partial charge in [-0.15, -0.1) is 0 Å². The van der Waals surface area contributed by atoms with Gasteiger partial charge >= 0.3 is 6.03 Å². The molecule has 2 unspecified atom stereocenters. The summed E-state index contributed by atoms with van der Waals surface area (Å²) in [5.74, 6) is -0.198. The Hall–Kier alpha value is -2.86. The van der Waals surface area contributed by atoms with Crippen LogP contribution < -0.4 is 15.5 Å². The Morgan fingerprint density at radius 1 is 1.00 bits per heavy atom. The van der Waals surface area contributed by atoms with E-state index in [1.54, 1.807) is 11.0 Å². The molecule has 3 heterocycles. The monoisotopic (exact) mass is 376 g/mol. The van der Waals surface area contributed by atoms with Crippen molar-refractivity contribution < 1.29 is 9.59 Å². The van der Waals surface area contributed by atoms with E-state index in [0.717, 1.165) is 12.8 Å². The first-order chi connectivity index (χ1) is 13.6. The second-order valence-electron chi connectivity index (χ2n) is 7.99. The summed E-state index contributed by atoms with van der Waals surface area (Å²) in [6, 6.07) is 15.8. The molecule has 0 spiro atoms. The van der Waals surface area contributed by atoms with E-state index in [1.807, 2.05) is 42.5 Å². The van der Waals surface area contributed by atoms with Gasteiger partial charge in [-0.25, -0.2) is 4.79 Å². The van der Waals surface area contributed by atoms with E-state index in [-0.39, 0.29) is 18.0 Å². The number of para-hydroxylation sites is 3. The van der Waals surface area contributed by atoms with E-state index in [4.69, 9.17) is 0 Å². The summed E-state index contributed by atoms with van der Waals surface area (Å²) in [6.45, 7) is 0. The van der Waals surface area contributed by atoms with Crippen LogP contribution >= 0.6 is 0 Å². The molecule has 0 saturated carbocycles. The normalized spacial score (nSPS) is 26.1. The Labute approximate surface area is 164 Å². The molecule has 28 heavy (non-hydrogen) atoms. The molecule has 5 rings (SSSR count). The zero-order valence-corrected chi connectivity index (χ0v) is 15.9. The van der Waals surface area contributed by atoms with Gasteiger partial charge in [-0.1, -0.05) is 24.3 Å². The molecule has 0 aromatic heterocycles. The van der Waals surface area contributed by atoms with E-state index >= 15 is 0 Å². The number of hydrogen-bond donors (Lipinski definition) is 2. The Kier molecular flexibility index (Phi) is 4.09. The number of benzene rings is 2. The summed E-state index contributed by atoms with van der Waals surface area (Å²) in [7, 11) is 2.19. The average Bonchev–Trinajstić information content (AvgIpc) is 2.86. The van der Waals surface area contributed by atoms with Crippen LogP contribution in [0.3, 0.4) is 0 Å².